The number of aromatic nitrogens is 3. The van der Waals surface area contributed by atoms with Crippen LogP contribution in [0.5, 0.6) is 0 Å². The van der Waals surface area contributed by atoms with Crippen LogP contribution < -0.4 is 5.32 Å². The number of carbonyl (C=O) groups is 1. The number of alkyl halides is 8. The van der Waals surface area contributed by atoms with Gasteiger partial charge >= 0.3 is 30.3 Å². The van der Waals surface area contributed by atoms with E-state index in [9.17, 15) is 39.9 Å². The lowest BCUT2D eigenvalue weighted by atomic mass is 10.0. The van der Waals surface area contributed by atoms with Crippen molar-refractivity contribution in [1.82, 2.24) is 20.1 Å². The zero-order valence-electron chi connectivity index (χ0n) is 11.7. The predicted molar refractivity (Wildman–Crippen MR) is 60.1 cm³/mol. The van der Waals surface area contributed by atoms with Crippen LogP contribution in [0, 0.1) is 0 Å². The Morgan fingerprint density at radius 1 is 1.21 bits per heavy atom. The van der Waals surface area contributed by atoms with E-state index < -0.39 is 36.5 Å². The van der Waals surface area contributed by atoms with Crippen LogP contribution in [-0.4, -0.2) is 51.7 Å². The number of ether oxygens (including phenoxy) is 1. The van der Waals surface area contributed by atoms with E-state index >= 15 is 0 Å². The van der Waals surface area contributed by atoms with Gasteiger partial charge in [-0.05, 0) is 6.92 Å². The quantitative estimate of drug-likeness (QED) is 0.750. The molecule has 0 saturated carbocycles. The third kappa shape index (κ3) is 3.36. The van der Waals surface area contributed by atoms with Gasteiger partial charge in [-0.15, -0.1) is 0 Å². The lowest BCUT2D eigenvalue weighted by Gasteiger charge is -2.36. The number of hydrogen-bond donors (Lipinski definition) is 1. The first-order valence-corrected chi connectivity index (χ1v) is 6.08. The summed E-state index contributed by atoms with van der Waals surface area (Å²) >= 11 is 0. The number of hydrogen-bond acceptors (Lipinski definition) is 4. The molecule has 0 aliphatic rings. The van der Waals surface area contributed by atoms with Gasteiger partial charge in [0.25, 0.3) is 0 Å². The standard InChI is InChI=1S/C10H10F8N4O2/c1-2-24-7(23)21-6(22-4-19-3-20-22)9(15,16)10(17,18)8(13,14)5(11)12/h3-6H,2H2,1H3,(H,21,23). The zero-order valence-corrected chi connectivity index (χ0v) is 11.7. The van der Waals surface area contributed by atoms with Gasteiger partial charge < -0.3 is 4.74 Å². The summed E-state index contributed by atoms with van der Waals surface area (Å²) in [5.41, 5.74) is 0. The minimum Gasteiger partial charge on any atom is -0.450 e. The fraction of sp³-hybridized carbons (Fsp3) is 0.700. The number of nitrogens with zero attached hydrogens (tertiary/aromatic N) is 3. The molecule has 1 amide bonds. The Morgan fingerprint density at radius 2 is 1.79 bits per heavy atom. The highest BCUT2D eigenvalue weighted by Crippen LogP contribution is 2.51. The molecule has 0 saturated heterocycles. The van der Waals surface area contributed by atoms with Crippen LogP contribution in [0.15, 0.2) is 12.7 Å². The maximum Gasteiger partial charge on any atom is 0.408 e. The molecule has 0 bridgehead atoms. The number of nitrogens with one attached hydrogen (secondary N) is 1. The number of alkyl carbamates (subject to hydrolysis) is 1. The van der Waals surface area contributed by atoms with Gasteiger partial charge in [-0.3, -0.25) is 5.32 Å². The molecular weight excluding hydrogens is 360 g/mol. The van der Waals surface area contributed by atoms with E-state index in [2.05, 4.69) is 14.8 Å². The monoisotopic (exact) mass is 370 g/mol. The third-order valence-electron chi connectivity index (χ3n) is 2.69. The Morgan fingerprint density at radius 3 is 2.21 bits per heavy atom. The minimum absolute atomic E-state index is 0.105. The second-order valence-corrected chi connectivity index (χ2v) is 4.26. The molecule has 0 aliphatic carbocycles. The van der Waals surface area contributed by atoms with Crippen LogP contribution in [0.2, 0.25) is 0 Å². The maximum absolute atomic E-state index is 14.0. The molecule has 6 nitrogen and oxygen atoms in total. The second kappa shape index (κ2) is 6.76. The first kappa shape index (κ1) is 19.9. The fourth-order valence-corrected chi connectivity index (χ4v) is 1.49. The molecular formula is C10H10F8N4O2. The molecule has 1 aromatic heterocycles. The molecule has 14 heteroatoms. The van der Waals surface area contributed by atoms with Gasteiger partial charge in [0.1, 0.15) is 12.7 Å². The van der Waals surface area contributed by atoms with Gasteiger partial charge in [0.2, 0.25) is 0 Å². The Hall–Kier alpha value is -2.15. The molecule has 1 heterocycles. The summed E-state index contributed by atoms with van der Waals surface area (Å²) in [6.45, 7) is 0.868. The van der Waals surface area contributed by atoms with Crippen LogP contribution in [-0.2, 0) is 4.74 Å². The Bertz CT molecular complexity index is 551. The van der Waals surface area contributed by atoms with E-state index in [1.165, 1.54) is 12.2 Å². The van der Waals surface area contributed by atoms with Gasteiger partial charge in [0.05, 0.1) is 6.61 Å². The van der Waals surface area contributed by atoms with E-state index in [-0.39, 0.29) is 11.3 Å². The summed E-state index contributed by atoms with van der Waals surface area (Å²) in [4.78, 5) is 14.3. The topological polar surface area (TPSA) is 69.0 Å². The van der Waals surface area contributed by atoms with Gasteiger partial charge in [-0.1, -0.05) is 0 Å². The number of halogens is 8. The molecule has 138 valence electrons. The first-order chi connectivity index (χ1) is 10.9. The van der Waals surface area contributed by atoms with Crippen molar-refractivity contribution in [2.45, 2.75) is 37.3 Å². The highest BCUT2D eigenvalue weighted by atomic mass is 19.4. The van der Waals surface area contributed by atoms with Crippen molar-refractivity contribution in [3.8, 4) is 0 Å². The minimum atomic E-state index is -6.54. The predicted octanol–water partition coefficient (Wildman–Crippen LogP) is 2.69. The fourth-order valence-electron chi connectivity index (χ4n) is 1.49. The van der Waals surface area contributed by atoms with Crippen LogP contribution in [0.4, 0.5) is 39.9 Å². The second-order valence-electron chi connectivity index (χ2n) is 4.26. The highest BCUT2D eigenvalue weighted by Gasteiger charge is 2.78. The van der Waals surface area contributed by atoms with Crippen LogP contribution >= 0.6 is 0 Å². The van der Waals surface area contributed by atoms with Crippen molar-refractivity contribution in [3.05, 3.63) is 12.7 Å². The van der Waals surface area contributed by atoms with Gasteiger partial charge in [0.15, 0.2) is 6.17 Å². The Kier molecular flexibility index (Phi) is 5.61. The van der Waals surface area contributed by atoms with Gasteiger partial charge in [0, 0.05) is 0 Å². The number of carbonyl (C=O) groups excluding carboxylic acids is 1. The average molecular weight is 370 g/mol. The summed E-state index contributed by atoms with van der Waals surface area (Å²) in [6, 6.07) is 0. The molecule has 0 aromatic carbocycles. The van der Waals surface area contributed by atoms with Crippen molar-refractivity contribution < 1.29 is 44.7 Å². The van der Waals surface area contributed by atoms with Crippen LogP contribution in [0.1, 0.15) is 13.1 Å². The largest absolute Gasteiger partial charge is 0.450 e. The molecule has 1 rings (SSSR count). The highest BCUT2D eigenvalue weighted by molar-refractivity contribution is 5.67. The first-order valence-electron chi connectivity index (χ1n) is 6.08. The molecule has 1 aromatic rings. The van der Waals surface area contributed by atoms with Crippen molar-refractivity contribution >= 4 is 6.09 Å². The van der Waals surface area contributed by atoms with E-state index in [0.717, 1.165) is 0 Å². The third-order valence-corrected chi connectivity index (χ3v) is 2.69. The van der Waals surface area contributed by atoms with Gasteiger partial charge in [-0.25, -0.2) is 23.2 Å². The SMILES string of the molecule is CCOC(=O)NC(n1cncn1)C(F)(F)C(F)(F)C(F)(F)C(F)F. The average Bonchev–Trinajstić information content (AvgIpc) is 2.98. The smallest absolute Gasteiger partial charge is 0.408 e. The number of rotatable bonds is 7. The lowest BCUT2D eigenvalue weighted by Crippen LogP contribution is -2.63. The number of amides is 1. The van der Waals surface area contributed by atoms with Crippen LogP contribution in [0.25, 0.3) is 0 Å². The zero-order chi connectivity index (χ0) is 18.8. The molecule has 1 atom stereocenters. The molecule has 0 aliphatic heterocycles. The van der Waals surface area contributed by atoms with Crippen molar-refractivity contribution in [3.63, 3.8) is 0 Å². The van der Waals surface area contributed by atoms with Crippen LogP contribution in [0.3, 0.4) is 0 Å². The molecule has 24 heavy (non-hydrogen) atoms. The molecule has 1 unspecified atom stereocenters. The van der Waals surface area contributed by atoms with E-state index in [1.54, 1.807) is 0 Å². The van der Waals surface area contributed by atoms with E-state index in [0.29, 0.717) is 12.7 Å². The lowest BCUT2D eigenvalue weighted by molar-refractivity contribution is -0.350. The molecule has 0 fully saturated rings. The van der Waals surface area contributed by atoms with Crippen molar-refractivity contribution in [2.75, 3.05) is 6.61 Å². The van der Waals surface area contributed by atoms with Crippen molar-refractivity contribution in [1.29, 1.82) is 0 Å². The van der Waals surface area contributed by atoms with Crippen molar-refractivity contribution in [2.24, 2.45) is 0 Å². The van der Waals surface area contributed by atoms with E-state index in [1.807, 2.05) is 0 Å². The summed E-state index contributed by atoms with van der Waals surface area (Å²) in [5, 5.41) is 4.19. The summed E-state index contributed by atoms with van der Waals surface area (Å²) in [6.07, 6.45) is -9.08. The summed E-state index contributed by atoms with van der Waals surface area (Å²) in [5.74, 6) is -18.8. The maximum atomic E-state index is 14.0. The summed E-state index contributed by atoms with van der Waals surface area (Å²) < 4.78 is 109. The molecule has 1 N–H and O–H groups in total. The molecule has 0 radical (unpaired) electrons. The normalized spacial score (nSPS) is 14.6. The van der Waals surface area contributed by atoms with E-state index in [4.69, 9.17) is 0 Å². The summed E-state index contributed by atoms with van der Waals surface area (Å²) in [7, 11) is 0. The van der Waals surface area contributed by atoms with Gasteiger partial charge in [-0.2, -0.15) is 31.4 Å². The Labute approximate surface area is 128 Å². The Balaban J connectivity index is 3.31. The molecule has 0 spiro atoms.